The molecular formula is C18H22N9O+. The van der Waals surface area contributed by atoms with Gasteiger partial charge in [0.15, 0.2) is 11.5 Å². The number of nitrogens with zero attached hydrogens (tertiary/aromatic N) is 5. The molecule has 0 saturated carbocycles. The first kappa shape index (κ1) is 17.8. The highest BCUT2D eigenvalue weighted by atomic mass is 16.1. The normalized spacial score (nSPS) is 19.5. The monoisotopic (exact) mass is 380 g/mol. The molecular weight excluding hydrogens is 358 g/mol. The quantitative estimate of drug-likeness (QED) is 0.513. The lowest BCUT2D eigenvalue weighted by Gasteiger charge is -2.38. The van der Waals surface area contributed by atoms with E-state index in [1.54, 1.807) is 22.9 Å². The maximum atomic E-state index is 12.8. The van der Waals surface area contributed by atoms with Crippen molar-refractivity contribution in [1.82, 2.24) is 24.7 Å². The Labute approximate surface area is 160 Å². The molecule has 4 heterocycles. The standard InChI is InChI=1S/C18H21N9O/c1-10-5-7-26(14-3-2-11(8-19)24-25-14)9-13(10)27-15(17(21)23-18(27)28)12-4-6-22-16(12)20/h2-4,6,10,13,22H,5,7,9,20-21H2,1H3,(H,23,28)/p+1/t10-,13?/m1/s1. The first-order valence-electron chi connectivity index (χ1n) is 9.08. The summed E-state index contributed by atoms with van der Waals surface area (Å²) in [6, 6.07) is 7.18. The molecule has 3 aromatic rings. The second-order valence-electron chi connectivity index (χ2n) is 7.10. The zero-order valence-corrected chi connectivity index (χ0v) is 15.5. The number of anilines is 2. The molecule has 0 bridgehead atoms. The van der Waals surface area contributed by atoms with E-state index < -0.39 is 0 Å². The van der Waals surface area contributed by atoms with Crippen molar-refractivity contribution in [2.75, 3.05) is 23.7 Å². The van der Waals surface area contributed by atoms with Gasteiger partial charge in [0.05, 0.1) is 11.6 Å². The van der Waals surface area contributed by atoms with Crippen LogP contribution in [0.3, 0.4) is 0 Å². The van der Waals surface area contributed by atoms with Crippen LogP contribution in [-0.4, -0.2) is 37.8 Å². The Kier molecular flexibility index (Phi) is 4.37. The Bertz CT molecular complexity index is 1090. The van der Waals surface area contributed by atoms with Crippen LogP contribution in [0.25, 0.3) is 11.3 Å². The molecule has 0 aliphatic carbocycles. The number of nitriles is 1. The Morgan fingerprint density at radius 2 is 2.18 bits per heavy atom. The van der Waals surface area contributed by atoms with Crippen LogP contribution >= 0.6 is 0 Å². The summed E-state index contributed by atoms with van der Waals surface area (Å²) in [5, 5.41) is 17.0. The first-order chi connectivity index (χ1) is 13.5. The van der Waals surface area contributed by atoms with Gasteiger partial charge in [0.1, 0.15) is 17.6 Å². The maximum absolute atomic E-state index is 12.8. The van der Waals surface area contributed by atoms with E-state index in [1.807, 2.05) is 12.1 Å². The fourth-order valence-electron chi connectivity index (χ4n) is 3.83. The molecule has 1 fully saturated rings. The van der Waals surface area contributed by atoms with E-state index in [4.69, 9.17) is 11.0 Å². The van der Waals surface area contributed by atoms with E-state index in [-0.39, 0.29) is 23.3 Å². The van der Waals surface area contributed by atoms with Crippen LogP contribution in [0, 0.1) is 17.2 Å². The van der Waals surface area contributed by atoms with Gasteiger partial charge in [-0.05, 0) is 30.5 Å². The molecule has 10 heteroatoms. The number of nitrogens with one attached hydrogen (secondary N) is 2. The highest BCUT2D eigenvalue weighted by Gasteiger charge is 2.33. The van der Waals surface area contributed by atoms with Crippen molar-refractivity contribution in [2.45, 2.75) is 19.4 Å². The van der Waals surface area contributed by atoms with E-state index in [0.29, 0.717) is 29.7 Å². The number of quaternary nitrogens is 1. The van der Waals surface area contributed by atoms with Crippen molar-refractivity contribution in [2.24, 2.45) is 5.92 Å². The Morgan fingerprint density at radius 3 is 2.82 bits per heavy atom. The predicted octanol–water partition coefficient (Wildman–Crippen LogP) is 0.376. The van der Waals surface area contributed by atoms with Crippen molar-refractivity contribution in [1.29, 1.82) is 5.26 Å². The van der Waals surface area contributed by atoms with Crippen LogP contribution < -0.4 is 22.1 Å². The summed E-state index contributed by atoms with van der Waals surface area (Å²) < 4.78 is 1.74. The molecule has 1 unspecified atom stereocenters. The third-order valence-electron chi connectivity index (χ3n) is 5.38. The first-order valence-corrected chi connectivity index (χ1v) is 9.08. The van der Waals surface area contributed by atoms with E-state index in [1.165, 1.54) is 0 Å². The number of piperidine rings is 1. The van der Waals surface area contributed by atoms with Crippen molar-refractivity contribution >= 4 is 17.5 Å². The van der Waals surface area contributed by atoms with E-state index in [0.717, 1.165) is 18.5 Å². The van der Waals surface area contributed by atoms with Crippen LogP contribution in [0.1, 0.15) is 25.1 Å². The number of hydrogen-bond acceptors (Lipinski definition) is 6. The number of nitrogens with two attached hydrogens (primary N) is 1. The molecule has 1 aliphatic heterocycles. The number of aromatic amines is 2. The van der Waals surface area contributed by atoms with Crippen LogP contribution in [0.5, 0.6) is 0 Å². The molecule has 2 atom stereocenters. The number of hydrogen-bond donors (Lipinski definition) is 4. The topological polar surface area (TPSA) is 160 Å². The second kappa shape index (κ2) is 6.86. The number of rotatable bonds is 3. The minimum Gasteiger partial charge on any atom is -0.383 e. The average Bonchev–Trinajstić information content (AvgIpc) is 3.24. The lowest BCUT2D eigenvalue weighted by molar-refractivity contribution is -0.259. The van der Waals surface area contributed by atoms with E-state index in [2.05, 4.69) is 37.7 Å². The van der Waals surface area contributed by atoms with Gasteiger partial charge >= 0.3 is 5.69 Å². The lowest BCUT2D eigenvalue weighted by atomic mass is 9.92. The van der Waals surface area contributed by atoms with Gasteiger partial charge in [-0.15, -0.1) is 10.2 Å². The van der Waals surface area contributed by atoms with Gasteiger partial charge in [-0.1, -0.05) is 6.92 Å². The number of H-pyrrole nitrogens is 2. The zero-order chi connectivity index (χ0) is 19.8. The summed E-state index contributed by atoms with van der Waals surface area (Å²) in [5.74, 6) is 1.99. The SMILES string of the molecule is C[C@@H]1CCN(c2ccc(C#N)nn2)CC1n1c(-c2cc[nH]c2[NH3+])c(N)[nH]c1=O. The highest BCUT2D eigenvalue weighted by Crippen LogP contribution is 2.35. The molecule has 28 heavy (non-hydrogen) atoms. The van der Waals surface area contributed by atoms with Crippen molar-refractivity contribution in [3.63, 3.8) is 0 Å². The molecule has 10 nitrogen and oxygen atoms in total. The summed E-state index contributed by atoms with van der Waals surface area (Å²) in [7, 11) is 0. The Hall–Kier alpha value is -3.58. The maximum Gasteiger partial charge on any atom is 0.327 e. The molecule has 0 aromatic carbocycles. The van der Waals surface area contributed by atoms with Crippen LogP contribution in [-0.2, 0) is 0 Å². The van der Waals surface area contributed by atoms with Crippen LogP contribution in [0.4, 0.5) is 17.5 Å². The lowest BCUT2D eigenvalue weighted by Crippen LogP contribution is -2.44. The smallest absolute Gasteiger partial charge is 0.327 e. The average molecular weight is 380 g/mol. The van der Waals surface area contributed by atoms with Gasteiger partial charge in [-0.2, -0.15) is 5.26 Å². The highest BCUT2D eigenvalue weighted by molar-refractivity contribution is 5.76. The van der Waals surface area contributed by atoms with Gasteiger partial charge in [0, 0.05) is 19.3 Å². The van der Waals surface area contributed by atoms with Gasteiger partial charge < -0.3 is 21.4 Å². The molecule has 0 radical (unpaired) electrons. The largest absolute Gasteiger partial charge is 0.383 e. The molecule has 1 aliphatic rings. The molecule has 0 spiro atoms. The molecule has 144 valence electrons. The van der Waals surface area contributed by atoms with E-state index in [9.17, 15) is 4.79 Å². The number of imidazole rings is 1. The molecule has 4 rings (SSSR count). The minimum absolute atomic E-state index is 0.100. The van der Waals surface area contributed by atoms with Gasteiger partial charge in [0.2, 0.25) is 5.82 Å². The summed E-state index contributed by atoms with van der Waals surface area (Å²) in [5.41, 5.74) is 11.6. The van der Waals surface area contributed by atoms with Crippen molar-refractivity contribution in [3.8, 4) is 17.3 Å². The summed E-state index contributed by atoms with van der Waals surface area (Å²) >= 11 is 0. The Morgan fingerprint density at radius 1 is 1.36 bits per heavy atom. The van der Waals surface area contributed by atoms with Crippen LogP contribution in [0.2, 0.25) is 0 Å². The third kappa shape index (κ3) is 2.91. The summed E-state index contributed by atoms with van der Waals surface area (Å²) in [4.78, 5) is 20.6. The van der Waals surface area contributed by atoms with Gasteiger partial charge in [-0.3, -0.25) is 9.55 Å². The summed E-state index contributed by atoms with van der Waals surface area (Å²) in [6.45, 7) is 3.52. The second-order valence-corrected chi connectivity index (χ2v) is 7.10. The molecule has 1 saturated heterocycles. The molecule has 3 aromatic heterocycles. The molecule has 0 amide bonds. The van der Waals surface area contributed by atoms with Crippen molar-refractivity contribution < 1.29 is 5.73 Å². The fraction of sp³-hybridized carbons (Fsp3) is 0.333. The summed E-state index contributed by atoms with van der Waals surface area (Å²) in [6.07, 6.45) is 2.66. The van der Waals surface area contributed by atoms with Gasteiger partial charge in [0.25, 0.3) is 0 Å². The van der Waals surface area contributed by atoms with E-state index >= 15 is 0 Å². The predicted molar refractivity (Wildman–Crippen MR) is 104 cm³/mol. The van der Waals surface area contributed by atoms with Crippen molar-refractivity contribution in [3.05, 3.63) is 40.6 Å². The fourth-order valence-corrected chi connectivity index (χ4v) is 3.83. The minimum atomic E-state index is -0.238. The number of nitrogen functional groups attached to an aromatic ring is 1. The third-order valence-corrected chi connectivity index (χ3v) is 5.38. The van der Waals surface area contributed by atoms with Gasteiger partial charge in [-0.25, -0.2) is 4.79 Å². The number of aromatic nitrogens is 5. The molecule has 7 N–H and O–H groups in total. The zero-order valence-electron chi connectivity index (χ0n) is 15.5. The Balaban J connectivity index is 1.73. The van der Waals surface area contributed by atoms with Crippen LogP contribution in [0.15, 0.2) is 29.2 Å².